The average Bonchev–Trinajstić information content (AvgIpc) is 2.46. The lowest BCUT2D eigenvalue weighted by Gasteiger charge is -2.12. The number of hydrogen-bond acceptors (Lipinski definition) is 4. The van der Waals surface area contributed by atoms with Gasteiger partial charge in [-0.1, -0.05) is 6.07 Å². The van der Waals surface area contributed by atoms with Gasteiger partial charge in [0.15, 0.2) is 0 Å². The smallest absolute Gasteiger partial charge is 0.253 e. The molecule has 1 amide bonds. The van der Waals surface area contributed by atoms with E-state index in [1.807, 2.05) is 25.3 Å². The van der Waals surface area contributed by atoms with Gasteiger partial charge >= 0.3 is 0 Å². The van der Waals surface area contributed by atoms with Gasteiger partial charge < -0.3 is 16.4 Å². The number of nitrogens with one attached hydrogen (secondary N) is 2. The molecule has 104 valence electrons. The molecule has 0 radical (unpaired) electrons. The predicted molar refractivity (Wildman–Crippen MR) is 80.5 cm³/mol. The molecule has 2 aromatic rings. The summed E-state index contributed by atoms with van der Waals surface area (Å²) < 4.78 is 0. The van der Waals surface area contributed by atoms with Crippen molar-refractivity contribution in [1.29, 1.82) is 0 Å². The molecule has 1 aromatic heterocycles. The fourth-order valence-corrected chi connectivity index (χ4v) is 1.84. The Bertz CT molecular complexity index is 608. The average molecular weight is 270 g/mol. The Morgan fingerprint density at radius 3 is 2.75 bits per heavy atom. The highest BCUT2D eigenvalue weighted by Crippen LogP contribution is 2.20. The van der Waals surface area contributed by atoms with Crippen LogP contribution in [0.5, 0.6) is 0 Å². The Labute approximate surface area is 118 Å². The van der Waals surface area contributed by atoms with Crippen molar-refractivity contribution in [3.05, 3.63) is 53.3 Å². The third-order valence-electron chi connectivity index (χ3n) is 2.97. The van der Waals surface area contributed by atoms with Crippen molar-refractivity contribution in [2.45, 2.75) is 13.5 Å². The quantitative estimate of drug-likeness (QED) is 0.742. The Morgan fingerprint density at radius 2 is 2.10 bits per heavy atom. The van der Waals surface area contributed by atoms with Crippen molar-refractivity contribution in [2.75, 3.05) is 18.1 Å². The number of hydrogen-bond donors (Lipinski definition) is 3. The Kier molecular flexibility index (Phi) is 4.20. The van der Waals surface area contributed by atoms with Crippen LogP contribution in [0.3, 0.4) is 0 Å². The Morgan fingerprint density at radius 1 is 1.30 bits per heavy atom. The van der Waals surface area contributed by atoms with Gasteiger partial charge in [-0.25, -0.2) is 0 Å². The van der Waals surface area contributed by atoms with E-state index in [4.69, 9.17) is 5.73 Å². The second kappa shape index (κ2) is 6.06. The second-order valence-electron chi connectivity index (χ2n) is 4.55. The van der Waals surface area contributed by atoms with E-state index in [1.165, 1.54) is 0 Å². The number of rotatable bonds is 4. The molecule has 0 unspecified atom stereocenters. The number of aryl methyl sites for hydroxylation is 1. The van der Waals surface area contributed by atoms with Gasteiger partial charge in [0.25, 0.3) is 5.91 Å². The van der Waals surface area contributed by atoms with Gasteiger partial charge in [-0.15, -0.1) is 0 Å². The van der Waals surface area contributed by atoms with Crippen molar-refractivity contribution in [3.63, 3.8) is 0 Å². The molecule has 0 fully saturated rings. The first-order chi connectivity index (χ1) is 9.60. The van der Waals surface area contributed by atoms with Crippen LogP contribution in [0.4, 0.5) is 11.4 Å². The number of pyridine rings is 1. The normalized spacial score (nSPS) is 10.1. The van der Waals surface area contributed by atoms with Crippen LogP contribution in [-0.4, -0.2) is 17.9 Å². The van der Waals surface area contributed by atoms with Crippen molar-refractivity contribution < 1.29 is 4.79 Å². The molecule has 5 nitrogen and oxygen atoms in total. The molecular weight excluding hydrogens is 252 g/mol. The molecule has 0 aliphatic heterocycles. The van der Waals surface area contributed by atoms with Gasteiger partial charge in [0.05, 0.1) is 5.56 Å². The molecule has 2 rings (SSSR count). The number of nitrogens with zero attached hydrogens (tertiary/aromatic N) is 1. The molecule has 0 bridgehead atoms. The van der Waals surface area contributed by atoms with E-state index < -0.39 is 0 Å². The van der Waals surface area contributed by atoms with Crippen molar-refractivity contribution in [3.8, 4) is 0 Å². The van der Waals surface area contributed by atoms with Gasteiger partial charge in [-0.2, -0.15) is 0 Å². The molecule has 0 aliphatic carbocycles. The summed E-state index contributed by atoms with van der Waals surface area (Å²) in [6.45, 7) is 2.53. The first-order valence-corrected chi connectivity index (χ1v) is 6.37. The zero-order valence-electron chi connectivity index (χ0n) is 11.6. The number of aromatic nitrogens is 1. The maximum atomic E-state index is 11.8. The zero-order valence-corrected chi connectivity index (χ0v) is 11.6. The van der Waals surface area contributed by atoms with Crippen molar-refractivity contribution >= 4 is 17.3 Å². The minimum absolute atomic E-state index is 0.144. The van der Waals surface area contributed by atoms with Crippen LogP contribution in [0.1, 0.15) is 21.6 Å². The highest BCUT2D eigenvalue weighted by atomic mass is 16.1. The number of nitrogen functional groups attached to an aromatic ring is 1. The molecule has 0 saturated carbocycles. The lowest BCUT2D eigenvalue weighted by molar-refractivity contribution is 0.0964. The summed E-state index contributed by atoms with van der Waals surface area (Å²) in [7, 11) is 1.60. The third-order valence-corrected chi connectivity index (χ3v) is 2.97. The van der Waals surface area contributed by atoms with E-state index in [-0.39, 0.29) is 5.91 Å². The molecule has 4 N–H and O–H groups in total. The lowest BCUT2D eigenvalue weighted by Crippen LogP contribution is -2.19. The predicted octanol–water partition coefficient (Wildman–Crippen LogP) is 1.94. The van der Waals surface area contributed by atoms with E-state index >= 15 is 0 Å². The van der Waals surface area contributed by atoms with Crippen molar-refractivity contribution in [1.82, 2.24) is 10.3 Å². The molecule has 0 atom stereocenters. The van der Waals surface area contributed by atoms with Crippen LogP contribution in [0.25, 0.3) is 0 Å². The molecule has 0 aliphatic rings. The van der Waals surface area contributed by atoms with E-state index in [9.17, 15) is 4.79 Å². The summed E-state index contributed by atoms with van der Waals surface area (Å²) >= 11 is 0. The molecule has 0 spiro atoms. The number of anilines is 2. The lowest BCUT2D eigenvalue weighted by atomic mass is 10.1. The van der Waals surface area contributed by atoms with E-state index in [0.29, 0.717) is 23.5 Å². The van der Waals surface area contributed by atoms with E-state index in [2.05, 4.69) is 15.6 Å². The largest absolute Gasteiger partial charge is 0.399 e. The highest BCUT2D eigenvalue weighted by molar-refractivity contribution is 6.00. The third kappa shape index (κ3) is 3.26. The molecule has 20 heavy (non-hydrogen) atoms. The number of carbonyl (C=O) groups is 1. The number of amides is 1. The Balaban J connectivity index is 2.17. The Hall–Kier alpha value is -2.56. The van der Waals surface area contributed by atoms with Gasteiger partial charge in [0, 0.05) is 36.9 Å². The highest BCUT2D eigenvalue weighted by Gasteiger charge is 2.10. The van der Waals surface area contributed by atoms with Gasteiger partial charge in [-0.3, -0.25) is 9.78 Å². The van der Waals surface area contributed by atoms with Crippen LogP contribution in [0, 0.1) is 6.92 Å². The van der Waals surface area contributed by atoms with E-state index in [1.54, 1.807) is 25.2 Å². The summed E-state index contributed by atoms with van der Waals surface area (Å²) in [6.07, 6.45) is 1.81. The standard InChI is InChI=1S/C15H18N4O/c1-10-3-4-11(8-18-10)9-19-14-7-12(16)5-6-13(14)15(20)17-2/h3-8,19H,9,16H2,1-2H3,(H,17,20). The fraction of sp³-hybridized carbons (Fsp3) is 0.200. The van der Waals surface area contributed by atoms with Crippen LogP contribution in [-0.2, 0) is 6.54 Å². The maximum Gasteiger partial charge on any atom is 0.253 e. The van der Waals surface area contributed by atoms with Gasteiger partial charge in [0.2, 0.25) is 0 Å². The minimum atomic E-state index is -0.144. The number of benzene rings is 1. The van der Waals surface area contributed by atoms with E-state index in [0.717, 1.165) is 11.3 Å². The zero-order chi connectivity index (χ0) is 14.5. The first-order valence-electron chi connectivity index (χ1n) is 6.37. The number of nitrogens with two attached hydrogens (primary N) is 1. The summed E-state index contributed by atoms with van der Waals surface area (Å²) in [5.41, 5.74) is 9.69. The number of carbonyl (C=O) groups excluding carboxylic acids is 1. The first kappa shape index (κ1) is 13.9. The van der Waals surface area contributed by atoms with Gasteiger partial charge in [-0.05, 0) is 36.8 Å². The van der Waals surface area contributed by atoms with Crippen LogP contribution in [0.15, 0.2) is 36.5 Å². The molecule has 1 aromatic carbocycles. The van der Waals surface area contributed by atoms with Gasteiger partial charge in [0.1, 0.15) is 0 Å². The fourth-order valence-electron chi connectivity index (χ4n) is 1.84. The van der Waals surface area contributed by atoms with Crippen LogP contribution >= 0.6 is 0 Å². The summed E-state index contributed by atoms with van der Waals surface area (Å²) in [5.74, 6) is -0.144. The van der Waals surface area contributed by atoms with Crippen molar-refractivity contribution in [2.24, 2.45) is 0 Å². The molecule has 1 heterocycles. The van der Waals surface area contributed by atoms with Crippen LogP contribution in [0.2, 0.25) is 0 Å². The molecule has 0 saturated heterocycles. The molecule has 5 heteroatoms. The summed E-state index contributed by atoms with van der Waals surface area (Å²) in [6, 6.07) is 9.14. The molecular formula is C15H18N4O. The van der Waals surface area contributed by atoms with Crippen LogP contribution < -0.4 is 16.4 Å². The topological polar surface area (TPSA) is 80.0 Å². The second-order valence-corrected chi connectivity index (χ2v) is 4.55. The maximum absolute atomic E-state index is 11.8. The minimum Gasteiger partial charge on any atom is -0.399 e. The monoisotopic (exact) mass is 270 g/mol. The summed E-state index contributed by atoms with van der Waals surface area (Å²) in [5, 5.41) is 5.84. The SMILES string of the molecule is CNC(=O)c1ccc(N)cc1NCc1ccc(C)nc1. The summed E-state index contributed by atoms with van der Waals surface area (Å²) in [4.78, 5) is 16.0.